The summed E-state index contributed by atoms with van der Waals surface area (Å²) in [6.45, 7) is 15.2. The average Bonchev–Trinajstić information content (AvgIpc) is 2.48. The molecule has 0 atom stereocenters. The zero-order valence-electron chi connectivity index (χ0n) is 17.9. The van der Waals surface area contributed by atoms with Gasteiger partial charge in [0.25, 0.3) is 0 Å². The summed E-state index contributed by atoms with van der Waals surface area (Å²) >= 11 is 0. The topological polar surface area (TPSA) is 96.0 Å². The van der Waals surface area contributed by atoms with Gasteiger partial charge in [-0.05, 0) is 73.1 Å². The van der Waals surface area contributed by atoms with Crippen molar-refractivity contribution in [3.8, 4) is 0 Å². The molecule has 0 spiro atoms. The summed E-state index contributed by atoms with van der Waals surface area (Å²) in [7, 11) is -3.64. The van der Waals surface area contributed by atoms with Gasteiger partial charge in [-0.3, -0.25) is 0 Å². The molecular weight excluding hydrogens is 374 g/mol. The van der Waals surface area contributed by atoms with E-state index in [1.807, 2.05) is 54.5 Å². The van der Waals surface area contributed by atoms with E-state index in [0.29, 0.717) is 23.0 Å². The Bertz CT molecular complexity index is 958. The predicted octanol–water partition coefficient (Wildman–Crippen LogP) is 4.12. The minimum atomic E-state index is -3.64. The maximum absolute atomic E-state index is 12.8. The highest BCUT2D eigenvalue weighted by molar-refractivity contribution is 7.89. The Kier molecular flexibility index (Phi) is 6.06. The molecule has 0 fully saturated rings. The molecule has 3 N–H and O–H groups in total. The SMILES string of the molecule is Cc1ccc(Nc2nc(NC(C)(C)C)ncc2C)cc1S(=O)(=O)NC(C)(C)C. The highest BCUT2D eigenvalue weighted by Crippen LogP contribution is 2.25. The molecule has 0 saturated carbocycles. The van der Waals surface area contributed by atoms with Crippen molar-refractivity contribution < 1.29 is 8.42 Å². The Labute approximate surface area is 168 Å². The molecule has 1 heterocycles. The first-order valence-electron chi connectivity index (χ1n) is 9.20. The van der Waals surface area contributed by atoms with Crippen molar-refractivity contribution in [2.24, 2.45) is 0 Å². The molecule has 8 heteroatoms. The van der Waals surface area contributed by atoms with E-state index in [1.165, 1.54) is 0 Å². The van der Waals surface area contributed by atoms with Crippen LogP contribution in [0.3, 0.4) is 0 Å². The summed E-state index contributed by atoms with van der Waals surface area (Å²) in [5.74, 6) is 1.13. The van der Waals surface area contributed by atoms with Crippen LogP contribution in [0, 0.1) is 13.8 Å². The third-order valence-corrected chi connectivity index (χ3v) is 5.54. The number of rotatable bonds is 5. The highest BCUT2D eigenvalue weighted by Gasteiger charge is 2.24. The van der Waals surface area contributed by atoms with Crippen molar-refractivity contribution in [1.82, 2.24) is 14.7 Å². The van der Waals surface area contributed by atoms with Gasteiger partial charge in [-0.1, -0.05) is 6.07 Å². The molecular formula is C20H31N5O2S. The normalized spacial score (nSPS) is 12.7. The van der Waals surface area contributed by atoms with Crippen LogP contribution in [0.15, 0.2) is 29.3 Å². The molecule has 7 nitrogen and oxygen atoms in total. The molecule has 0 amide bonds. The maximum Gasteiger partial charge on any atom is 0.241 e. The summed E-state index contributed by atoms with van der Waals surface area (Å²) in [4.78, 5) is 9.08. The van der Waals surface area contributed by atoms with E-state index in [4.69, 9.17) is 0 Å². The van der Waals surface area contributed by atoms with E-state index < -0.39 is 15.6 Å². The lowest BCUT2D eigenvalue weighted by molar-refractivity contribution is 0.491. The fourth-order valence-corrected chi connectivity index (χ4v) is 4.22. The third kappa shape index (κ3) is 6.17. The lowest BCUT2D eigenvalue weighted by atomic mass is 10.1. The number of sulfonamides is 1. The summed E-state index contributed by atoms with van der Waals surface area (Å²) < 4.78 is 28.3. The summed E-state index contributed by atoms with van der Waals surface area (Å²) in [6, 6.07) is 5.25. The maximum atomic E-state index is 12.8. The molecule has 2 rings (SSSR count). The molecule has 2 aromatic rings. The van der Waals surface area contributed by atoms with Crippen molar-refractivity contribution in [3.05, 3.63) is 35.5 Å². The Morgan fingerprint density at radius 2 is 1.57 bits per heavy atom. The average molecular weight is 406 g/mol. The molecule has 0 aliphatic rings. The fourth-order valence-electron chi connectivity index (χ4n) is 2.53. The summed E-state index contributed by atoms with van der Waals surface area (Å²) in [5, 5.41) is 6.45. The van der Waals surface area contributed by atoms with E-state index >= 15 is 0 Å². The molecule has 0 saturated heterocycles. The van der Waals surface area contributed by atoms with Gasteiger partial charge in [0.1, 0.15) is 5.82 Å². The van der Waals surface area contributed by atoms with Crippen LogP contribution in [0.25, 0.3) is 0 Å². The van der Waals surface area contributed by atoms with Crippen LogP contribution in [0.2, 0.25) is 0 Å². The minimum absolute atomic E-state index is 0.170. The Hall–Kier alpha value is -2.19. The van der Waals surface area contributed by atoms with Crippen LogP contribution >= 0.6 is 0 Å². The van der Waals surface area contributed by atoms with Gasteiger partial charge in [0.2, 0.25) is 16.0 Å². The molecule has 28 heavy (non-hydrogen) atoms. The number of benzene rings is 1. The van der Waals surface area contributed by atoms with Gasteiger partial charge in [-0.15, -0.1) is 0 Å². The van der Waals surface area contributed by atoms with Crippen molar-refractivity contribution in [3.63, 3.8) is 0 Å². The van der Waals surface area contributed by atoms with E-state index in [-0.39, 0.29) is 10.4 Å². The van der Waals surface area contributed by atoms with Gasteiger partial charge in [0.15, 0.2) is 0 Å². The molecule has 154 valence electrons. The van der Waals surface area contributed by atoms with Crippen LogP contribution in [0.1, 0.15) is 52.7 Å². The van der Waals surface area contributed by atoms with Crippen LogP contribution in [0.5, 0.6) is 0 Å². The molecule has 1 aromatic carbocycles. The lowest BCUT2D eigenvalue weighted by Crippen LogP contribution is -2.40. The monoisotopic (exact) mass is 405 g/mol. The van der Waals surface area contributed by atoms with Crippen LogP contribution in [-0.2, 0) is 10.0 Å². The quantitative estimate of drug-likeness (QED) is 0.692. The number of hydrogen-bond donors (Lipinski definition) is 3. The number of nitrogens with one attached hydrogen (secondary N) is 3. The second-order valence-corrected chi connectivity index (χ2v) is 10.7. The predicted molar refractivity (Wildman–Crippen MR) is 115 cm³/mol. The van der Waals surface area contributed by atoms with Gasteiger partial charge in [-0.25, -0.2) is 18.1 Å². The second-order valence-electron chi connectivity index (χ2n) is 9.06. The fraction of sp³-hybridized carbons (Fsp3) is 0.500. The van der Waals surface area contributed by atoms with Crippen molar-refractivity contribution in [1.29, 1.82) is 0 Å². The Morgan fingerprint density at radius 1 is 0.929 bits per heavy atom. The van der Waals surface area contributed by atoms with Crippen LogP contribution in [-0.4, -0.2) is 29.5 Å². The van der Waals surface area contributed by atoms with Crippen molar-refractivity contribution >= 4 is 27.5 Å². The molecule has 0 radical (unpaired) electrons. The molecule has 1 aromatic heterocycles. The standard InChI is InChI=1S/C20H31N5O2S/c1-13-9-10-15(11-16(13)28(26,27)25-20(6,7)8)22-17-14(2)12-21-18(23-17)24-19(3,4)5/h9-12,25H,1-8H3,(H2,21,22,23,24). The lowest BCUT2D eigenvalue weighted by Gasteiger charge is -2.22. The van der Waals surface area contributed by atoms with Gasteiger partial charge in [-0.2, -0.15) is 4.98 Å². The van der Waals surface area contributed by atoms with E-state index in [2.05, 4.69) is 25.3 Å². The molecule has 0 aliphatic heterocycles. The van der Waals surface area contributed by atoms with Gasteiger partial charge in [0, 0.05) is 28.5 Å². The van der Waals surface area contributed by atoms with Gasteiger partial charge < -0.3 is 10.6 Å². The van der Waals surface area contributed by atoms with Crippen molar-refractivity contribution in [2.75, 3.05) is 10.6 Å². The van der Waals surface area contributed by atoms with Gasteiger partial charge in [0.05, 0.1) is 4.90 Å². The summed E-state index contributed by atoms with van der Waals surface area (Å²) in [6.07, 6.45) is 1.73. The Morgan fingerprint density at radius 3 is 2.14 bits per heavy atom. The Balaban J connectivity index is 2.37. The van der Waals surface area contributed by atoms with Crippen molar-refractivity contribution in [2.45, 2.75) is 71.4 Å². The second kappa shape index (κ2) is 7.67. The largest absolute Gasteiger partial charge is 0.350 e. The highest BCUT2D eigenvalue weighted by atomic mass is 32.2. The van der Waals surface area contributed by atoms with E-state index in [9.17, 15) is 8.42 Å². The number of hydrogen-bond acceptors (Lipinski definition) is 6. The van der Waals surface area contributed by atoms with Gasteiger partial charge >= 0.3 is 0 Å². The first-order chi connectivity index (χ1) is 12.7. The van der Waals surface area contributed by atoms with Crippen LogP contribution < -0.4 is 15.4 Å². The zero-order valence-corrected chi connectivity index (χ0v) is 18.7. The molecule has 0 aliphatic carbocycles. The van der Waals surface area contributed by atoms with E-state index in [1.54, 1.807) is 25.3 Å². The smallest absolute Gasteiger partial charge is 0.241 e. The zero-order chi connectivity index (χ0) is 21.3. The molecule has 0 bridgehead atoms. The third-order valence-electron chi connectivity index (χ3n) is 3.64. The van der Waals surface area contributed by atoms with Crippen LogP contribution in [0.4, 0.5) is 17.5 Å². The number of nitrogens with zero attached hydrogens (tertiary/aromatic N) is 2. The first kappa shape index (κ1) is 22.1. The number of anilines is 3. The number of aryl methyl sites for hydroxylation is 2. The van der Waals surface area contributed by atoms with E-state index in [0.717, 1.165) is 5.56 Å². The summed E-state index contributed by atoms with van der Waals surface area (Å²) in [5.41, 5.74) is 1.44. The molecule has 0 unspecified atom stereocenters. The first-order valence-corrected chi connectivity index (χ1v) is 10.7. The minimum Gasteiger partial charge on any atom is -0.350 e. The number of aromatic nitrogens is 2.